The Morgan fingerprint density at radius 2 is 2.04 bits per heavy atom. The number of piperidine rings is 1. The van der Waals surface area contributed by atoms with Gasteiger partial charge in [-0.2, -0.15) is 10.2 Å². The van der Waals surface area contributed by atoms with Gasteiger partial charge in [0.15, 0.2) is 0 Å². The summed E-state index contributed by atoms with van der Waals surface area (Å²) in [5.74, 6) is 0.533. The first-order chi connectivity index (χ1) is 12.0. The number of amides is 1. The molecule has 1 N–H and O–H groups in total. The standard InChI is InChI=1S/C18H28N6O/c1-14-10-15(2)24(21-14)9-8-23-6-4-16(5-7-23)11-19-18(25)17-12-20-22(3)13-17/h10,12-13,16H,4-9,11H2,1-3H3,(H,19,25). The summed E-state index contributed by atoms with van der Waals surface area (Å²) < 4.78 is 3.74. The molecule has 2 aromatic heterocycles. The van der Waals surface area contributed by atoms with E-state index < -0.39 is 0 Å². The maximum Gasteiger partial charge on any atom is 0.254 e. The molecule has 136 valence electrons. The fourth-order valence-electron chi connectivity index (χ4n) is 3.43. The smallest absolute Gasteiger partial charge is 0.254 e. The quantitative estimate of drug-likeness (QED) is 0.859. The number of hydrogen-bond acceptors (Lipinski definition) is 4. The van der Waals surface area contributed by atoms with Gasteiger partial charge in [-0.15, -0.1) is 0 Å². The molecule has 3 heterocycles. The van der Waals surface area contributed by atoms with E-state index in [2.05, 4.69) is 38.1 Å². The van der Waals surface area contributed by atoms with Crippen molar-refractivity contribution in [2.24, 2.45) is 13.0 Å². The molecule has 0 aromatic carbocycles. The highest BCUT2D eigenvalue weighted by Crippen LogP contribution is 2.16. The Bertz CT molecular complexity index is 711. The number of hydrogen-bond donors (Lipinski definition) is 1. The lowest BCUT2D eigenvalue weighted by Gasteiger charge is -2.32. The highest BCUT2D eigenvalue weighted by atomic mass is 16.1. The van der Waals surface area contributed by atoms with Gasteiger partial charge >= 0.3 is 0 Å². The predicted octanol–water partition coefficient (Wildman–Crippen LogP) is 1.38. The average molecular weight is 344 g/mol. The van der Waals surface area contributed by atoms with Crippen LogP contribution in [0.2, 0.25) is 0 Å². The maximum atomic E-state index is 12.1. The summed E-state index contributed by atoms with van der Waals surface area (Å²) in [7, 11) is 1.82. The van der Waals surface area contributed by atoms with Crippen LogP contribution < -0.4 is 5.32 Å². The SMILES string of the molecule is Cc1cc(C)n(CCN2CCC(CNC(=O)c3cnn(C)c3)CC2)n1. The van der Waals surface area contributed by atoms with E-state index in [0.717, 1.165) is 51.3 Å². The van der Waals surface area contributed by atoms with Crippen LogP contribution in [0.3, 0.4) is 0 Å². The van der Waals surface area contributed by atoms with Gasteiger partial charge in [-0.25, -0.2) is 0 Å². The van der Waals surface area contributed by atoms with E-state index in [-0.39, 0.29) is 5.91 Å². The fraction of sp³-hybridized carbons (Fsp3) is 0.611. The summed E-state index contributed by atoms with van der Waals surface area (Å²) in [6.07, 6.45) is 5.61. The molecule has 0 saturated carbocycles. The average Bonchev–Trinajstić information content (AvgIpc) is 3.16. The van der Waals surface area contributed by atoms with Crippen molar-refractivity contribution in [3.63, 3.8) is 0 Å². The van der Waals surface area contributed by atoms with E-state index in [1.54, 1.807) is 17.1 Å². The number of aryl methyl sites for hydroxylation is 3. The number of carbonyl (C=O) groups excluding carboxylic acids is 1. The molecule has 1 aliphatic rings. The Labute approximate surface area is 149 Å². The lowest BCUT2D eigenvalue weighted by Crippen LogP contribution is -2.40. The Morgan fingerprint density at radius 3 is 2.64 bits per heavy atom. The van der Waals surface area contributed by atoms with Crippen LogP contribution in [0.1, 0.15) is 34.6 Å². The van der Waals surface area contributed by atoms with Crippen LogP contribution >= 0.6 is 0 Å². The molecule has 0 bridgehead atoms. The van der Waals surface area contributed by atoms with Gasteiger partial charge in [0, 0.05) is 32.0 Å². The monoisotopic (exact) mass is 344 g/mol. The molecule has 0 unspecified atom stereocenters. The maximum absolute atomic E-state index is 12.1. The van der Waals surface area contributed by atoms with Gasteiger partial charge in [-0.1, -0.05) is 0 Å². The largest absolute Gasteiger partial charge is 0.352 e. The van der Waals surface area contributed by atoms with Crippen LogP contribution in [0, 0.1) is 19.8 Å². The number of nitrogens with zero attached hydrogens (tertiary/aromatic N) is 5. The van der Waals surface area contributed by atoms with Gasteiger partial charge in [0.1, 0.15) is 0 Å². The highest BCUT2D eigenvalue weighted by Gasteiger charge is 2.20. The Morgan fingerprint density at radius 1 is 1.28 bits per heavy atom. The third-order valence-corrected chi connectivity index (χ3v) is 4.96. The van der Waals surface area contributed by atoms with Crippen molar-refractivity contribution in [2.45, 2.75) is 33.2 Å². The minimum atomic E-state index is -0.0277. The van der Waals surface area contributed by atoms with Crippen LogP contribution in [-0.4, -0.2) is 56.5 Å². The second-order valence-corrected chi connectivity index (χ2v) is 7.05. The third-order valence-electron chi connectivity index (χ3n) is 4.96. The van der Waals surface area contributed by atoms with Gasteiger partial charge < -0.3 is 10.2 Å². The van der Waals surface area contributed by atoms with Crippen molar-refractivity contribution >= 4 is 5.91 Å². The minimum absolute atomic E-state index is 0.0277. The molecule has 0 atom stereocenters. The molecule has 1 fully saturated rings. The van der Waals surface area contributed by atoms with Crippen molar-refractivity contribution < 1.29 is 4.79 Å². The first kappa shape index (κ1) is 17.7. The molecular weight excluding hydrogens is 316 g/mol. The summed E-state index contributed by atoms with van der Waals surface area (Å²) >= 11 is 0. The summed E-state index contributed by atoms with van der Waals surface area (Å²) in [4.78, 5) is 14.6. The molecule has 0 spiro atoms. The zero-order chi connectivity index (χ0) is 17.8. The van der Waals surface area contributed by atoms with Crippen LogP contribution in [-0.2, 0) is 13.6 Å². The van der Waals surface area contributed by atoms with Crippen LogP contribution in [0.15, 0.2) is 18.5 Å². The van der Waals surface area contributed by atoms with Gasteiger partial charge in [0.2, 0.25) is 0 Å². The van der Waals surface area contributed by atoms with Crippen molar-refractivity contribution in [3.8, 4) is 0 Å². The molecule has 7 heteroatoms. The van der Waals surface area contributed by atoms with Gasteiger partial charge in [0.05, 0.1) is 24.0 Å². The molecule has 25 heavy (non-hydrogen) atoms. The van der Waals surface area contributed by atoms with Gasteiger partial charge in [-0.05, 0) is 51.8 Å². The number of aromatic nitrogens is 4. The lowest BCUT2D eigenvalue weighted by atomic mass is 9.96. The number of carbonyl (C=O) groups is 1. The number of likely N-dealkylation sites (tertiary alicyclic amines) is 1. The molecule has 1 saturated heterocycles. The van der Waals surface area contributed by atoms with E-state index in [1.807, 2.05) is 14.0 Å². The van der Waals surface area contributed by atoms with Gasteiger partial charge in [-0.3, -0.25) is 14.2 Å². The van der Waals surface area contributed by atoms with E-state index in [0.29, 0.717) is 11.5 Å². The van der Waals surface area contributed by atoms with Gasteiger partial charge in [0.25, 0.3) is 5.91 Å². The molecule has 1 amide bonds. The van der Waals surface area contributed by atoms with Crippen molar-refractivity contribution in [1.29, 1.82) is 0 Å². The summed E-state index contributed by atoms with van der Waals surface area (Å²) in [5, 5.41) is 11.6. The van der Waals surface area contributed by atoms with E-state index in [1.165, 1.54) is 5.69 Å². The second-order valence-electron chi connectivity index (χ2n) is 7.05. The Kier molecular flexibility index (Phi) is 5.53. The van der Waals surface area contributed by atoms with Crippen molar-refractivity contribution in [3.05, 3.63) is 35.4 Å². The lowest BCUT2D eigenvalue weighted by molar-refractivity contribution is 0.0935. The predicted molar refractivity (Wildman–Crippen MR) is 96.4 cm³/mol. The van der Waals surface area contributed by atoms with Crippen LogP contribution in [0.25, 0.3) is 0 Å². The second kappa shape index (κ2) is 7.82. The van der Waals surface area contributed by atoms with Crippen LogP contribution in [0.5, 0.6) is 0 Å². The summed E-state index contributed by atoms with van der Waals surface area (Å²) in [6.45, 7) is 9.06. The molecule has 3 rings (SSSR count). The first-order valence-electron chi connectivity index (χ1n) is 9.01. The van der Waals surface area contributed by atoms with Crippen LogP contribution in [0.4, 0.5) is 0 Å². The minimum Gasteiger partial charge on any atom is -0.352 e. The number of rotatable bonds is 6. The number of nitrogens with one attached hydrogen (secondary N) is 1. The first-order valence-corrected chi connectivity index (χ1v) is 9.01. The fourth-order valence-corrected chi connectivity index (χ4v) is 3.43. The van der Waals surface area contributed by atoms with E-state index in [4.69, 9.17) is 0 Å². The highest BCUT2D eigenvalue weighted by molar-refractivity contribution is 5.93. The zero-order valence-corrected chi connectivity index (χ0v) is 15.4. The normalized spacial score (nSPS) is 16.3. The molecule has 0 aliphatic carbocycles. The molecule has 1 aliphatic heterocycles. The summed E-state index contributed by atoms with van der Waals surface area (Å²) in [6, 6.07) is 2.12. The van der Waals surface area contributed by atoms with E-state index in [9.17, 15) is 4.79 Å². The third kappa shape index (κ3) is 4.69. The van der Waals surface area contributed by atoms with Crippen molar-refractivity contribution in [2.75, 3.05) is 26.2 Å². The van der Waals surface area contributed by atoms with E-state index >= 15 is 0 Å². The summed E-state index contributed by atoms with van der Waals surface area (Å²) in [5.41, 5.74) is 2.94. The Hall–Kier alpha value is -2.15. The zero-order valence-electron chi connectivity index (χ0n) is 15.4. The topological polar surface area (TPSA) is 68.0 Å². The Balaban J connectivity index is 1.37. The molecule has 2 aromatic rings. The molecular formula is C18H28N6O. The molecule has 0 radical (unpaired) electrons. The molecule has 7 nitrogen and oxygen atoms in total. The van der Waals surface area contributed by atoms with Crippen molar-refractivity contribution in [1.82, 2.24) is 29.8 Å².